The van der Waals surface area contributed by atoms with Crippen molar-refractivity contribution in [1.29, 1.82) is 0 Å². The average molecular weight is 586 g/mol. The molecular weight excluding hydrogens is 550 g/mol. The first-order valence-electron chi connectivity index (χ1n) is 14.5. The minimum Gasteiger partial charge on any atom is -0.383 e. The number of nitrogens with zero attached hydrogens (tertiary/aromatic N) is 7. The number of rotatable bonds is 6. The fraction of sp³-hybridized carbons (Fsp3) is 0.400. The van der Waals surface area contributed by atoms with E-state index in [1.165, 1.54) is 18.1 Å². The van der Waals surface area contributed by atoms with E-state index < -0.39 is 10.0 Å². The minimum absolute atomic E-state index is 0.204. The number of sulfonamides is 1. The van der Waals surface area contributed by atoms with Gasteiger partial charge in [-0.3, -0.25) is 4.90 Å². The number of hydrogen-bond donors (Lipinski definition) is 2. The SMILES string of the molecule is CS(=O)(=O)N1CCN([C@H]2CC[C@@H](n3nc(-c4ccc5[nH]c(Cc6ccccc6)nc5c4)c4c(N)ncnc43)CC2)CC1. The molecule has 3 aromatic heterocycles. The van der Waals surface area contributed by atoms with E-state index in [1.54, 1.807) is 4.31 Å². The van der Waals surface area contributed by atoms with E-state index in [1.807, 2.05) is 24.3 Å². The first-order chi connectivity index (χ1) is 20.3. The zero-order valence-corrected chi connectivity index (χ0v) is 24.5. The molecule has 0 amide bonds. The predicted molar refractivity (Wildman–Crippen MR) is 163 cm³/mol. The van der Waals surface area contributed by atoms with Crippen LogP contribution in [0.15, 0.2) is 54.9 Å². The van der Waals surface area contributed by atoms with Gasteiger partial charge in [-0.25, -0.2) is 28.1 Å². The highest BCUT2D eigenvalue weighted by Gasteiger charge is 2.32. The molecule has 1 aliphatic carbocycles. The van der Waals surface area contributed by atoms with Crippen molar-refractivity contribution in [2.75, 3.05) is 38.2 Å². The fourth-order valence-electron chi connectivity index (χ4n) is 6.60. The van der Waals surface area contributed by atoms with Gasteiger partial charge in [-0.05, 0) is 43.4 Å². The van der Waals surface area contributed by atoms with Crippen LogP contribution in [0.3, 0.4) is 0 Å². The average Bonchev–Trinajstić information content (AvgIpc) is 3.59. The minimum atomic E-state index is -3.13. The van der Waals surface area contributed by atoms with Crippen LogP contribution in [0.5, 0.6) is 0 Å². The van der Waals surface area contributed by atoms with Gasteiger partial charge in [0.05, 0.1) is 28.7 Å². The van der Waals surface area contributed by atoms with Crippen molar-refractivity contribution in [2.24, 2.45) is 0 Å². The molecule has 2 aliphatic rings. The molecule has 1 saturated heterocycles. The number of nitrogens with two attached hydrogens (primary N) is 1. The lowest BCUT2D eigenvalue weighted by Gasteiger charge is -2.41. The van der Waals surface area contributed by atoms with Crippen molar-refractivity contribution in [3.05, 3.63) is 66.2 Å². The number of fused-ring (bicyclic) bond motifs is 2. The number of aromatic nitrogens is 6. The summed E-state index contributed by atoms with van der Waals surface area (Å²) in [5, 5.41) is 5.88. The summed E-state index contributed by atoms with van der Waals surface area (Å²) in [4.78, 5) is 19.7. The molecule has 0 radical (unpaired) electrons. The second kappa shape index (κ2) is 10.8. The van der Waals surface area contributed by atoms with E-state index in [-0.39, 0.29) is 6.04 Å². The smallest absolute Gasteiger partial charge is 0.211 e. The van der Waals surface area contributed by atoms with Gasteiger partial charge in [0.1, 0.15) is 23.7 Å². The lowest BCUT2D eigenvalue weighted by molar-refractivity contribution is 0.0988. The van der Waals surface area contributed by atoms with Crippen LogP contribution in [0.25, 0.3) is 33.3 Å². The molecule has 1 aliphatic heterocycles. The summed E-state index contributed by atoms with van der Waals surface area (Å²) < 4.78 is 27.5. The van der Waals surface area contributed by atoms with Crippen LogP contribution in [-0.4, -0.2) is 85.8 Å². The monoisotopic (exact) mass is 585 g/mol. The summed E-state index contributed by atoms with van der Waals surface area (Å²) in [6.45, 7) is 2.69. The quantitative estimate of drug-likeness (QED) is 0.308. The van der Waals surface area contributed by atoms with E-state index in [0.717, 1.165) is 84.3 Å². The largest absolute Gasteiger partial charge is 0.383 e. The third kappa shape index (κ3) is 5.14. The van der Waals surface area contributed by atoms with Crippen molar-refractivity contribution < 1.29 is 8.42 Å². The molecule has 1 saturated carbocycles. The summed E-state index contributed by atoms with van der Waals surface area (Å²) in [6.07, 6.45) is 7.55. The normalized spacial score (nSPS) is 20.9. The Morgan fingerprint density at radius 3 is 2.43 bits per heavy atom. The van der Waals surface area contributed by atoms with Crippen molar-refractivity contribution in [2.45, 2.75) is 44.2 Å². The molecule has 42 heavy (non-hydrogen) atoms. The van der Waals surface area contributed by atoms with Crippen LogP contribution >= 0.6 is 0 Å². The van der Waals surface area contributed by atoms with Gasteiger partial charge in [-0.2, -0.15) is 9.40 Å². The first-order valence-corrected chi connectivity index (χ1v) is 16.4. The van der Waals surface area contributed by atoms with Gasteiger partial charge in [0.15, 0.2) is 5.65 Å². The van der Waals surface area contributed by atoms with E-state index in [9.17, 15) is 8.42 Å². The molecular formula is C30H35N9O2S. The molecule has 7 rings (SSSR count). The Morgan fingerprint density at radius 1 is 0.952 bits per heavy atom. The third-order valence-corrected chi connectivity index (χ3v) is 10.1. The van der Waals surface area contributed by atoms with E-state index in [0.29, 0.717) is 24.9 Å². The zero-order valence-electron chi connectivity index (χ0n) is 23.6. The van der Waals surface area contributed by atoms with Crippen molar-refractivity contribution in [3.63, 3.8) is 0 Å². The molecule has 5 aromatic rings. The lowest BCUT2D eigenvalue weighted by Crippen LogP contribution is -2.52. The molecule has 12 heteroatoms. The first kappa shape index (κ1) is 27.0. The van der Waals surface area contributed by atoms with Gasteiger partial charge < -0.3 is 10.7 Å². The van der Waals surface area contributed by atoms with Crippen LogP contribution in [0, 0.1) is 0 Å². The Balaban J connectivity index is 1.13. The number of aromatic amines is 1. The molecule has 2 fully saturated rings. The number of imidazole rings is 1. The van der Waals surface area contributed by atoms with Crippen LogP contribution in [0.4, 0.5) is 5.82 Å². The van der Waals surface area contributed by atoms with Gasteiger partial charge in [0.2, 0.25) is 10.0 Å². The predicted octanol–water partition coefficient (Wildman–Crippen LogP) is 3.60. The summed E-state index contributed by atoms with van der Waals surface area (Å²) in [5.41, 5.74) is 12.0. The van der Waals surface area contributed by atoms with Crippen LogP contribution in [0.1, 0.15) is 43.1 Å². The molecule has 0 atom stereocenters. The second-order valence-electron chi connectivity index (χ2n) is 11.5. The Labute approximate surface area is 244 Å². The van der Waals surface area contributed by atoms with Gasteiger partial charge in [0.25, 0.3) is 0 Å². The van der Waals surface area contributed by atoms with Crippen LogP contribution < -0.4 is 5.73 Å². The Morgan fingerprint density at radius 2 is 1.69 bits per heavy atom. The summed E-state index contributed by atoms with van der Waals surface area (Å²) >= 11 is 0. The summed E-state index contributed by atoms with van der Waals surface area (Å²) in [5.74, 6) is 1.34. The van der Waals surface area contributed by atoms with Gasteiger partial charge in [-0.1, -0.05) is 36.4 Å². The maximum Gasteiger partial charge on any atom is 0.211 e. The highest BCUT2D eigenvalue weighted by molar-refractivity contribution is 7.88. The molecule has 0 spiro atoms. The summed E-state index contributed by atoms with van der Waals surface area (Å²) in [7, 11) is -3.13. The third-order valence-electron chi connectivity index (χ3n) is 8.81. The maximum absolute atomic E-state index is 11.9. The molecule has 0 bridgehead atoms. The fourth-order valence-corrected chi connectivity index (χ4v) is 7.43. The number of H-pyrrole nitrogens is 1. The second-order valence-corrected chi connectivity index (χ2v) is 13.5. The van der Waals surface area contributed by atoms with E-state index in [4.69, 9.17) is 15.8 Å². The molecule has 11 nitrogen and oxygen atoms in total. The number of anilines is 1. The number of nitrogens with one attached hydrogen (secondary N) is 1. The number of hydrogen-bond acceptors (Lipinski definition) is 8. The Kier molecular flexibility index (Phi) is 6.91. The lowest BCUT2D eigenvalue weighted by atomic mass is 9.90. The van der Waals surface area contributed by atoms with E-state index in [2.05, 4.69) is 48.8 Å². The highest BCUT2D eigenvalue weighted by Crippen LogP contribution is 2.37. The number of benzene rings is 2. The summed E-state index contributed by atoms with van der Waals surface area (Å²) in [6, 6.07) is 17.1. The zero-order chi connectivity index (χ0) is 28.8. The molecule has 3 N–H and O–H groups in total. The van der Waals surface area contributed by atoms with Crippen molar-refractivity contribution in [3.8, 4) is 11.3 Å². The number of piperazine rings is 1. The molecule has 4 heterocycles. The van der Waals surface area contributed by atoms with Crippen molar-refractivity contribution in [1.82, 2.24) is 38.9 Å². The molecule has 0 unspecified atom stereocenters. The Bertz CT molecular complexity index is 1840. The van der Waals surface area contributed by atoms with E-state index >= 15 is 0 Å². The van der Waals surface area contributed by atoms with Crippen LogP contribution in [-0.2, 0) is 16.4 Å². The van der Waals surface area contributed by atoms with Gasteiger partial charge >= 0.3 is 0 Å². The highest BCUT2D eigenvalue weighted by atomic mass is 32.2. The molecule has 2 aromatic carbocycles. The maximum atomic E-state index is 11.9. The topological polar surface area (TPSA) is 139 Å². The van der Waals surface area contributed by atoms with Gasteiger partial charge in [0, 0.05) is 44.2 Å². The standard InChI is InChI=1S/C30H35N9O2S/c1-42(40,41)38-15-13-37(14-16-38)22-8-10-23(11-9-22)39-30-27(29(31)32-19-33-30)28(36-39)21-7-12-24-25(18-21)35-26(34-24)17-20-5-3-2-4-6-20/h2-7,12,18-19,22-23H,8-11,13-17H2,1H3,(H,34,35)(H2,31,32,33)/t22-,23+. The van der Waals surface area contributed by atoms with Crippen LogP contribution in [0.2, 0.25) is 0 Å². The van der Waals surface area contributed by atoms with Crippen molar-refractivity contribution >= 4 is 37.9 Å². The van der Waals surface area contributed by atoms with Gasteiger partial charge in [-0.15, -0.1) is 0 Å². The molecule has 218 valence electrons. The number of nitrogen functional groups attached to an aromatic ring is 1. The Hall–Kier alpha value is -3.87.